The molecule has 7 nitrogen and oxygen atoms in total. The van der Waals surface area contributed by atoms with E-state index in [1.807, 2.05) is 12.1 Å². The fourth-order valence-electron chi connectivity index (χ4n) is 4.32. The number of fused-ring (bicyclic) bond motifs is 1. The summed E-state index contributed by atoms with van der Waals surface area (Å²) in [5.74, 6) is -2.72. The fourth-order valence-corrected chi connectivity index (χ4v) is 4.44. The normalized spacial score (nSPS) is 15.3. The summed E-state index contributed by atoms with van der Waals surface area (Å²) >= 11 is 5.91. The molecule has 36 heavy (non-hydrogen) atoms. The third-order valence-corrected chi connectivity index (χ3v) is 6.59. The van der Waals surface area contributed by atoms with Gasteiger partial charge in [0.2, 0.25) is 5.67 Å². The molecule has 0 bridgehead atoms. The van der Waals surface area contributed by atoms with Crippen LogP contribution in [0.15, 0.2) is 78.0 Å². The molecule has 0 saturated heterocycles. The smallest absolute Gasteiger partial charge is 0.341 e. The van der Waals surface area contributed by atoms with Crippen LogP contribution in [-0.2, 0) is 4.79 Å². The van der Waals surface area contributed by atoms with Gasteiger partial charge in [0.05, 0.1) is 11.1 Å². The molecule has 1 aliphatic rings. The number of hydrogen-bond donors (Lipinski definition) is 1. The lowest BCUT2D eigenvalue weighted by atomic mass is 9.88. The SMILES string of the molecule is O=NC(CC(F)(CCCN1C(=O)c2ccccc2C1=O)C(=O)O)c1ccc(-c2ccc(Cl)cc2)cc1. The second kappa shape index (κ2) is 10.4. The van der Waals surface area contributed by atoms with Crippen molar-refractivity contribution < 1.29 is 23.9 Å². The molecule has 0 fully saturated rings. The van der Waals surface area contributed by atoms with Crippen molar-refractivity contribution in [2.45, 2.75) is 31.0 Å². The van der Waals surface area contributed by atoms with E-state index < -0.39 is 42.3 Å². The van der Waals surface area contributed by atoms with Crippen LogP contribution >= 0.6 is 11.6 Å². The number of nitrogens with zero attached hydrogens (tertiary/aromatic N) is 2. The zero-order chi connectivity index (χ0) is 25.9. The van der Waals surface area contributed by atoms with Crippen molar-refractivity contribution in [3.63, 3.8) is 0 Å². The second-order valence-corrected chi connectivity index (χ2v) is 9.07. The Kier molecular flexibility index (Phi) is 7.26. The van der Waals surface area contributed by atoms with E-state index in [4.69, 9.17) is 11.6 Å². The molecule has 1 aliphatic heterocycles. The van der Waals surface area contributed by atoms with Gasteiger partial charge < -0.3 is 5.11 Å². The van der Waals surface area contributed by atoms with E-state index in [0.29, 0.717) is 10.6 Å². The van der Waals surface area contributed by atoms with Crippen molar-refractivity contribution in [1.82, 2.24) is 4.90 Å². The van der Waals surface area contributed by atoms with Crippen molar-refractivity contribution in [3.05, 3.63) is 99.4 Å². The monoisotopic (exact) mass is 508 g/mol. The Balaban J connectivity index is 1.43. The van der Waals surface area contributed by atoms with Crippen LogP contribution in [0.1, 0.15) is 51.6 Å². The zero-order valence-corrected chi connectivity index (χ0v) is 19.8. The number of carbonyl (C=O) groups excluding carboxylic acids is 2. The van der Waals surface area contributed by atoms with E-state index in [2.05, 4.69) is 5.18 Å². The number of alkyl halides is 1. The molecule has 2 unspecified atom stereocenters. The highest BCUT2D eigenvalue weighted by Gasteiger charge is 2.42. The Morgan fingerprint density at radius 3 is 1.97 bits per heavy atom. The quantitative estimate of drug-likeness (QED) is 0.264. The largest absolute Gasteiger partial charge is 0.479 e. The summed E-state index contributed by atoms with van der Waals surface area (Å²) in [5, 5.41) is 13.2. The highest BCUT2D eigenvalue weighted by molar-refractivity contribution is 6.30. The number of carboxylic acid groups (broad SMARTS) is 1. The summed E-state index contributed by atoms with van der Waals surface area (Å²) in [7, 11) is 0. The first kappa shape index (κ1) is 25.2. The van der Waals surface area contributed by atoms with E-state index in [-0.39, 0.29) is 24.1 Å². The van der Waals surface area contributed by atoms with Gasteiger partial charge in [-0.2, -0.15) is 4.91 Å². The van der Waals surface area contributed by atoms with Gasteiger partial charge in [0, 0.05) is 18.0 Å². The lowest BCUT2D eigenvalue weighted by Gasteiger charge is -2.24. The molecule has 184 valence electrons. The average molecular weight is 509 g/mol. The van der Waals surface area contributed by atoms with E-state index in [1.165, 1.54) is 12.1 Å². The van der Waals surface area contributed by atoms with E-state index in [9.17, 15) is 24.4 Å². The van der Waals surface area contributed by atoms with E-state index >= 15 is 4.39 Å². The van der Waals surface area contributed by atoms with Gasteiger partial charge in [0.1, 0.15) is 6.04 Å². The Bertz CT molecular complexity index is 1280. The Morgan fingerprint density at radius 1 is 0.944 bits per heavy atom. The zero-order valence-electron chi connectivity index (χ0n) is 19.1. The number of carboxylic acids is 1. The minimum absolute atomic E-state index is 0.0879. The third-order valence-electron chi connectivity index (χ3n) is 6.33. The van der Waals surface area contributed by atoms with Gasteiger partial charge in [0.15, 0.2) is 0 Å². The van der Waals surface area contributed by atoms with Crippen molar-refractivity contribution in [3.8, 4) is 11.1 Å². The highest BCUT2D eigenvalue weighted by atomic mass is 35.5. The number of amides is 2. The van der Waals surface area contributed by atoms with Crippen molar-refractivity contribution in [1.29, 1.82) is 0 Å². The molecule has 4 rings (SSSR count). The molecule has 9 heteroatoms. The topological polar surface area (TPSA) is 104 Å². The van der Waals surface area contributed by atoms with Gasteiger partial charge in [-0.15, -0.1) is 0 Å². The Hall–Kier alpha value is -3.91. The van der Waals surface area contributed by atoms with Crippen LogP contribution in [0.3, 0.4) is 0 Å². The summed E-state index contributed by atoms with van der Waals surface area (Å²) in [5.41, 5.74) is -0.136. The van der Waals surface area contributed by atoms with E-state index in [1.54, 1.807) is 48.5 Å². The molecule has 0 radical (unpaired) electrons. The standard InChI is InChI=1S/C27H22ClFN2O5/c28-20-12-10-18(11-13-20)17-6-8-19(9-7-17)23(30-36)16-27(29,26(34)35)14-3-15-31-24(32)21-4-1-2-5-22(21)25(31)33/h1-2,4-13,23H,3,14-16H2,(H,34,35). The van der Waals surface area contributed by atoms with Crippen LogP contribution in [0.5, 0.6) is 0 Å². The summed E-state index contributed by atoms with van der Waals surface area (Å²) < 4.78 is 15.6. The molecule has 2 atom stereocenters. The van der Waals surface area contributed by atoms with Crippen LogP contribution in [0, 0.1) is 4.91 Å². The van der Waals surface area contributed by atoms with Gasteiger partial charge in [0.25, 0.3) is 11.8 Å². The molecule has 3 aromatic rings. The maximum atomic E-state index is 15.6. The molecular weight excluding hydrogens is 487 g/mol. The van der Waals surface area contributed by atoms with Crippen LogP contribution in [-0.4, -0.2) is 40.0 Å². The number of imide groups is 1. The van der Waals surface area contributed by atoms with Crippen molar-refractivity contribution >= 4 is 29.4 Å². The number of nitroso groups, excluding NO2 is 1. The Morgan fingerprint density at radius 2 is 1.47 bits per heavy atom. The predicted molar refractivity (Wildman–Crippen MR) is 133 cm³/mol. The third kappa shape index (κ3) is 5.04. The summed E-state index contributed by atoms with van der Waals surface area (Å²) in [6.45, 7) is -0.139. The molecule has 1 N–H and O–H groups in total. The number of benzene rings is 3. The van der Waals surface area contributed by atoms with Crippen LogP contribution in [0.2, 0.25) is 5.02 Å². The summed E-state index contributed by atoms with van der Waals surface area (Å²) in [6, 6.07) is 18.9. The van der Waals surface area contributed by atoms with Gasteiger partial charge in [-0.25, -0.2) is 9.18 Å². The van der Waals surface area contributed by atoms with Crippen molar-refractivity contribution in [2.24, 2.45) is 5.18 Å². The molecule has 0 aromatic heterocycles. The number of halogens is 2. The first-order chi connectivity index (χ1) is 17.2. The molecular formula is C27H22ClFN2O5. The highest BCUT2D eigenvalue weighted by Crippen LogP contribution is 2.35. The Labute approximate surface area is 211 Å². The van der Waals surface area contributed by atoms with Gasteiger partial charge in [-0.1, -0.05) is 65.3 Å². The number of hydrogen-bond acceptors (Lipinski definition) is 5. The maximum absolute atomic E-state index is 15.6. The lowest BCUT2D eigenvalue weighted by molar-refractivity contribution is -0.152. The molecule has 2 amide bonds. The molecule has 0 aliphatic carbocycles. The second-order valence-electron chi connectivity index (χ2n) is 8.64. The van der Waals surface area contributed by atoms with Gasteiger partial charge in [-0.05, 0) is 53.8 Å². The van der Waals surface area contributed by atoms with Crippen LogP contribution in [0.25, 0.3) is 11.1 Å². The van der Waals surface area contributed by atoms with Crippen LogP contribution in [0.4, 0.5) is 4.39 Å². The summed E-state index contributed by atoms with van der Waals surface area (Å²) in [4.78, 5) is 49.4. The minimum atomic E-state index is -2.77. The fraction of sp³-hybridized carbons (Fsp3) is 0.222. The number of rotatable bonds is 10. The van der Waals surface area contributed by atoms with E-state index in [0.717, 1.165) is 16.0 Å². The number of carbonyl (C=O) groups is 3. The first-order valence-electron chi connectivity index (χ1n) is 11.3. The van der Waals surface area contributed by atoms with Crippen molar-refractivity contribution in [2.75, 3.05) is 6.54 Å². The first-order valence-corrected chi connectivity index (χ1v) is 11.7. The van der Waals surface area contributed by atoms with Crippen LogP contribution < -0.4 is 0 Å². The number of aliphatic carboxylic acids is 1. The summed E-state index contributed by atoms with van der Waals surface area (Å²) in [6.07, 6.45) is -1.26. The predicted octanol–water partition coefficient (Wildman–Crippen LogP) is 6.07. The lowest BCUT2D eigenvalue weighted by Crippen LogP contribution is -2.37. The molecule has 3 aromatic carbocycles. The molecule has 0 spiro atoms. The van der Waals surface area contributed by atoms with Gasteiger partial charge in [-0.3, -0.25) is 14.5 Å². The maximum Gasteiger partial charge on any atom is 0.341 e. The molecule has 1 heterocycles. The minimum Gasteiger partial charge on any atom is -0.479 e. The average Bonchev–Trinajstić information content (AvgIpc) is 3.13. The van der Waals surface area contributed by atoms with Gasteiger partial charge >= 0.3 is 5.97 Å². The molecule has 0 saturated carbocycles.